The average Bonchev–Trinajstić information content (AvgIpc) is 2.81. The molecule has 112 valence electrons. The largest absolute Gasteiger partial charge is 0.485 e. The summed E-state index contributed by atoms with van der Waals surface area (Å²) in [5.74, 6) is -1.64. The van der Waals surface area contributed by atoms with Gasteiger partial charge in [0.05, 0.1) is 12.2 Å². The molecule has 1 aliphatic heterocycles. The molecule has 2 atom stereocenters. The van der Waals surface area contributed by atoms with Crippen LogP contribution in [0.25, 0.3) is 0 Å². The van der Waals surface area contributed by atoms with Gasteiger partial charge in [0.15, 0.2) is 17.4 Å². The van der Waals surface area contributed by atoms with E-state index in [1.165, 1.54) is 12.1 Å². The smallest absolute Gasteiger partial charge is 0.190 e. The van der Waals surface area contributed by atoms with Gasteiger partial charge in [0.1, 0.15) is 6.61 Å². The van der Waals surface area contributed by atoms with E-state index in [2.05, 4.69) is 5.32 Å². The molecule has 0 saturated carbocycles. The normalized spacial score (nSPS) is 22.2. The van der Waals surface area contributed by atoms with E-state index >= 15 is 0 Å². The number of rotatable bonds is 6. The first-order valence-electron chi connectivity index (χ1n) is 7.07. The van der Waals surface area contributed by atoms with Gasteiger partial charge in [0.2, 0.25) is 0 Å². The molecule has 0 radical (unpaired) electrons. The van der Waals surface area contributed by atoms with Crippen LogP contribution in [0.15, 0.2) is 12.1 Å². The fourth-order valence-corrected chi connectivity index (χ4v) is 2.31. The number of hydrogen-bond donors (Lipinski definition) is 1. The highest BCUT2D eigenvalue weighted by molar-refractivity contribution is 5.31. The van der Waals surface area contributed by atoms with Crippen molar-refractivity contribution in [3.05, 3.63) is 29.3 Å². The number of ether oxygens (including phenoxy) is 2. The zero-order valence-electron chi connectivity index (χ0n) is 11.9. The first kappa shape index (κ1) is 15.2. The van der Waals surface area contributed by atoms with Gasteiger partial charge in [-0.2, -0.15) is 0 Å². The minimum atomic E-state index is -0.663. The summed E-state index contributed by atoms with van der Waals surface area (Å²) in [6.07, 6.45) is 1.94. The minimum absolute atomic E-state index is 0.0785. The highest BCUT2D eigenvalue weighted by Gasteiger charge is 2.23. The molecule has 1 aliphatic rings. The molecule has 0 aliphatic carbocycles. The third-order valence-electron chi connectivity index (χ3n) is 3.37. The van der Waals surface area contributed by atoms with E-state index in [9.17, 15) is 8.78 Å². The van der Waals surface area contributed by atoms with Gasteiger partial charge in [0.25, 0.3) is 0 Å². The standard InChI is InChI=1S/C15H21F2NO2/c1-3-18-8-11-6-13(16)15(14(17)7-11)19-9-12-5-4-10(2)20-12/h6-7,10,12,18H,3-5,8-9H2,1-2H3. The lowest BCUT2D eigenvalue weighted by Crippen LogP contribution is -2.19. The summed E-state index contributed by atoms with van der Waals surface area (Å²) in [6, 6.07) is 2.61. The molecule has 0 amide bonds. The van der Waals surface area contributed by atoms with E-state index < -0.39 is 11.6 Å². The van der Waals surface area contributed by atoms with Crippen LogP contribution in [0.2, 0.25) is 0 Å². The molecule has 1 fully saturated rings. The van der Waals surface area contributed by atoms with Crippen molar-refractivity contribution in [1.82, 2.24) is 5.32 Å². The van der Waals surface area contributed by atoms with Crippen molar-refractivity contribution in [1.29, 1.82) is 0 Å². The number of halogens is 2. The maximum absolute atomic E-state index is 13.9. The minimum Gasteiger partial charge on any atom is -0.485 e. The van der Waals surface area contributed by atoms with Crippen LogP contribution >= 0.6 is 0 Å². The molecule has 1 N–H and O–H groups in total. The van der Waals surface area contributed by atoms with Crippen LogP contribution in [0.3, 0.4) is 0 Å². The van der Waals surface area contributed by atoms with Crippen LogP contribution in [0, 0.1) is 11.6 Å². The molecule has 0 spiro atoms. The molecule has 1 heterocycles. The third kappa shape index (κ3) is 3.90. The van der Waals surface area contributed by atoms with Crippen LogP contribution in [0.5, 0.6) is 5.75 Å². The van der Waals surface area contributed by atoms with Gasteiger partial charge >= 0.3 is 0 Å². The molecule has 1 saturated heterocycles. The Morgan fingerprint density at radius 1 is 1.30 bits per heavy atom. The van der Waals surface area contributed by atoms with E-state index in [1.54, 1.807) is 0 Å². The quantitative estimate of drug-likeness (QED) is 0.871. The number of benzene rings is 1. The molecular weight excluding hydrogens is 264 g/mol. The highest BCUT2D eigenvalue weighted by atomic mass is 19.1. The van der Waals surface area contributed by atoms with Crippen LogP contribution in [0.4, 0.5) is 8.78 Å². The molecule has 5 heteroatoms. The fraction of sp³-hybridized carbons (Fsp3) is 0.600. The lowest BCUT2D eigenvalue weighted by molar-refractivity contribution is 0.0247. The van der Waals surface area contributed by atoms with Crippen LogP contribution in [0.1, 0.15) is 32.3 Å². The Labute approximate surface area is 118 Å². The van der Waals surface area contributed by atoms with E-state index in [-0.39, 0.29) is 24.6 Å². The van der Waals surface area contributed by atoms with Crippen molar-refractivity contribution in [3.8, 4) is 5.75 Å². The Balaban J connectivity index is 1.97. The van der Waals surface area contributed by atoms with Crippen molar-refractivity contribution in [2.75, 3.05) is 13.2 Å². The van der Waals surface area contributed by atoms with Crippen molar-refractivity contribution in [3.63, 3.8) is 0 Å². The zero-order valence-corrected chi connectivity index (χ0v) is 11.9. The second-order valence-corrected chi connectivity index (χ2v) is 5.13. The lowest BCUT2D eigenvalue weighted by atomic mass is 10.2. The second-order valence-electron chi connectivity index (χ2n) is 5.13. The SMILES string of the molecule is CCNCc1cc(F)c(OCC2CCC(C)O2)c(F)c1. The summed E-state index contributed by atoms with van der Waals surface area (Å²) < 4.78 is 38.5. The summed E-state index contributed by atoms with van der Waals surface area (Å²) in [7, 11) is 0. The van der Waals surface area contributed by atoms with Crippen molar-refractivity contribution in [2.45, 2.75) is 45.4 Å². The topological polar surface area (TPSA) is 30.5 Å². The van der Waals surface area contributed by atoms with Crippen molar-refractivity contribution < 1.29 is 18.3 Å². The molecule has 1 aromatic carbocycles. The molecule has 20 heavy (non-hydrogen) atoms. The van der Waals surface area contributed by atoms with Crippen LogP contribution in [-0.2, 0) is 11.3 Å². The van der Waals surface area contributed by atoms with E-state index in [1.807, 2.05) is 13.8 Å². The molecule has 2 rings (SSSR count). The Morgan fingerprint density at radius 2 is 2.00 bits per heavy atom. The monoisotopic (exact) mass is 285 g/mol. The predicted octanol–water partition coefficient (Wildman–Crippen LogP) is 3.02. The van der Waals surface area contributed by atoms with E-state index in [4.69, 9.17) is 9.47 Å². The molecule has 1 aromatic rings. The van der Waals surface area contributed by atoms with Crippen molar-refractivity contribution >= 4 is 0 Å². The molecule has 0 bridgehead atoms. The fourth-order valence-electron chi connectivity index (χ4n) is 2.31. The summed E-state index contributed by atoms with van der Waals surface area (Å²) in [6.45, 7) is 5.29. The number of nitrogens with one attached hydrogen (secondary N) is 1. The Kier molecular flexibility index (Phi) is 5.31. The van der Waals surface area contributed by atoms with Gasteiger partial charge in [0, 0.05) is 6.54 Å². The highest BCUT2D eigenvalue weighted by Crippen LogP contribution is 2.25. The van der Waals surface area contributed by atoms with Crippen LogP contribution in [-0.4, -0.2) is 25.4 Å². The van der Waals surface area contributed by atoms with Gasteiger partial charge in [-0.1, -0.05) is 6.92 Å². The third-order valence-corrected chi connectivity index (χ3v) is 3.37. The second kappa shape index (κ2) is 6.99. The van der Waals surface area contributed by atoms with Gasteiger partial charge in [-0.3, -0.25) is 0 Å². The Bertz CT molecular complexity index is 430. The molecule has 3 nitrogen and oxygen atoms in total. The average molecular weight is 285 g/mol. The van der Waals surface area contributed by atoms with Gasteiger partial charge < -0.3 is 14.8 Å². The first-order valence-corrected chi connectivity index (χ1v) is 7.07. The van der Waals surface area contributed by atoms with Gasteiger partial charge in [-0.05, 0) is 44.0 Å². The Morgan fingerprint density at radius 3 is 2.55 bits per heavy atom. The predicted molar refractivity (Wildman–Crippen MR) is 72.8 cm³/mol. The maximum atomic E-state index is 13.9. The van der Waals surface area contributed by atoms with E-state index in [0.717, 1.165) is 19.4 Å². The van der Waals surface area contributed by atoms with E-state index in [0.29, 0.717) is 12.1 Å². The lowest BCUT2D eigenvalue weighted by Gasteiger charge is -2.14. The molecule has 0 aromatic heterocycles. The Hall–Kier alpha value is -1.20. The van der Waals surface area contributed by atoms with Gasteiger partial charge in [-0.15, -0.1) is 0 Å². The summed E-state index contributed by atoms with van der Waals surface area (Å²) in [5, 5.41) is 3.03. The van der Waals surface area contributed by atoms with Crippen molar-refractivity contribution in [2.24, 2.45) is 0 Å². The summed E-state index contributed by atoms with van der Waals surface area (Å²) in [5.41, 5.74) is 0.569. The first-order chi connectivity index (χ1) is 9.60. The maximum Gasteiger partial charge on any atom is 0.190 e. The molecular formula is C15H21F2NO2. The van der Waals surface area contributed by atoms with Crippen LogP contribution < -0.4 is 10.1 Å². The molecule has 2 unspecified atom stereocenters. The number of hydrogen-bond acceptors (Lipinski definition) is 3. The summed E-state index contributed by atoms with van der Waals surface area (Å²) in [4.78, 5) is 0. The van der Waals surface area contributed by atoms with Gasteiger partial charge in [-0.25, -0.2) is 8.78 Å². The summed E-state index contributed by atoms with van der Waals surface area (Å²) >= 11 is 0. The zero-order chi connectivity index (χ0) is 14.5.